The normalized spacial score (nSPS) is 11.7. The standard InChI is InChI=1S/C31H30ClN3O3S/c1-23-13-20-28(32)21-30(23)35(39(37,38)29-11-7-4-8-12-29)22-26-16-18-27(19-17-26)31(36)34-33-24(2)14-15-25-9-5-3-6-10-25/h3-13,16-21H,14-15,22H2,1-2H3,(H,34,36)/b33-24-. The molecule has 1 N–H and O–H groups in total. The Hall–Kier alpha value is -3.94. The molecule has 200 valence electrons. The molecule has 0 aromatic heterocycles. The maximum atomic E-state index is 13.7. The minimum atomic E-state index is -3.88. The van der Waals surface area contributed by atoms with Crippen molar-refractivity contribution in [2.45, 2.75) is 38.1 Å². The summed E-state index contributed by atoms with van der Waals surface area (Å²) in [5.41, 5.74) is 7.05. The Kier molecular flexibility index (Phi) is 9.17. The summed E-state index contributed by atoms with van der Waals surface area (Å²) >= 11 is 6.24. The van der Waals surface area contributed by atoms with Crippen molar-refractivity contribution < 1.29 is 13.2 Å². The number of carbonyl (C=O) groups is 1. The zero-order chi connectivity index (χ0) is 27.8. The number of aryl methyl sites for hydroxylation is 2. The van der Waals surface area contributed by atoms with Crippen LogP contribution in [-0.4, -0.2) is 20.0 Å². The van der Waals surface area contributed by atoms with Crippen molar-refractivity contribution in [3.05, 3.63) is 130 Å². The first-order valence-corrected chi connectivity index (χ1v) is 14.4. The maximum Gasteiger partial charge on any atom is 0.271 e. The van der Waals surface area contributed by atoms with Gasteiger partial charge in [-0.25, -0.2) is 13.8 Å². The summed E-state index contributed by atoms with van der Waals surface area (Å²) in [7, 11) is -3.88. The Bertz CT molecular complexity index is 1560. The van der Waals surface area contributed by atoms with Gasteiger partial charge in [0.05, 0.1) is 17.1 Å². The van der Waals surface area contributed by atoms with Crippen molar-refractivity contribution in [2.75, 3.05) is 4.31 Å². The van der Waals surface area contributed by atoms with Crippen LogP contribution in [0.25, 0.3) is 0 Å². The van der Waals surface area contributed by atoms with E-state index in [4.69, 9.17) is 11.6 Å². The van der Waals surface area contributed by atoms with E-state index in [1.807, 2.05) is 32.0 Å². The molecule has 0 saturated carbocycles. The number of amides is 1. The largest absolute Gasteiger partial charge is 0.271 e. The van der Waals surface area contributed by atoms with Gasteiger partial charge in [0.15, 0.2) is 0 Å². The van der Waals surface area contributed by atoms with Gasteiger partial charge < -0.3 is 0 Å². The number of nitrogens with zero attached hydrogens (tertiary/aromatic N) is 2. The number of benzene rings is 4. The van der Waals surface area contributed by atoms with Gasteiger partial charge in [0, 0.05) is 16.3 Å². The number of hydrogen-bond acceptors (Lipinski definition) is 4. The average Bonchev–Trinajstić information content (AvgIpc) is 2.96. The van der Waals surface area contributed by atoms with Gasteiger partial charge in [-0.2, -0.15) is 5.10 Å². The molecule has 4 rings (SSSR count). The average molecular weight is 560 g/mol. The molecule has 0 atom stereocenters. The summed E-state index contributed by atoms with van der Waals surface area (Å²) in [6.07, 6.45) is 1.58. The molecule has 0 unspecified atom stereocenters. The van der Waals surface area contributed by atoms with Gasteiger partial charge in [-0.15, -0.1) is 0 Å². The second-order valence-electron chi connectivity index (χ2n) is 9.23. The van der Waals surface area contributed by atoms with Crippen LogP contribution >= 0.6 is 11.6 Å². The van der Waals surface area contributed by atoms with Crippen LogP contribution in [0.1, 0.15) is 40.4 Å². The lowest BCUT2D eigenvalue weighted by Gasteiger charge is -2.26. The van der Waals surface area contributed by atoms with E-state index in [1.165, 1.54) is 9.87 Å². The Morgan fingerprint density at radius 3 is 2.18 bits per heavy atom. The Labute approximate surface area is 235 Å². The zero-order valence-electron chi connectivity index (χ0n) is 21.8. The van der Waals surface area contributed by atoms with E-state index in [2.05, 4.69) is 22.7 Å². The molecule has 0 fully saturated rings. The van der Waals surface area contributed by atoms with E-state index in [1.54, 1.807) is 72.8 Å². The first-order valence-electron chi connectivity index (χ1n) is 12.5. The van der Waals surface area contributed by atoms with Gasteiger partial charge in [0.25, 0.3) is 15.9 Å². The highest BCUT2D eigenvalue weighted by Gasteiger charge is 2.26. The number of rotatable bonds is 10. The molecule has 6 nitrogen and oxygen atoms in total. The van der Waals surface area contributed by atoms with Crippen LogP contribution in [0, 0.1) is 6.92 Å². The van der Waals surface area contributed by atoms with Crippen molar-refractivity contribution in [1.29, 1.82) is 0 Å². The smallest absolute Gasteiger partial charge is 0.267 e. The zero-order valence-corrected chi connectivity index (χ0v) is 23.4. The minimum absolute atomic E-state index is 0.0665. The third-order valence-electron chi connectivity index (χ3n) is 6.28. The lowest BCUT2D eigenvalue weighted by Crippen LogP contribution is -2.31. The molecule has 8 heteroatoms. The molecule has 0 spiro atoms. The molecule has 0 radical (unpaired) electrons. The Balaban J connectivity index is 1.49. The fraction of sp³-hybridized carbons (Fsp3) is 0.161. The third-order valence-corrected chi connectivity index (χ3v) is 8.29. The van der Waals surface area contributed by atoms with Crippen molar-refractivity contribution in [2.24, 2.45) is 5.10 Å². The van der Waals surface area contributed by atoms with Crippen LogP contribution in [0.5, 0.6) is 0 Å². The van der Waals surface area contributed by atoms with Crippen molar-refractivity contribution in [1.82, 2.24) is 5.43 Å². The summed E-state index contributed by atoms with van der Waals surface area (Å²) in [5.74, 6) is -0.333. The number of carbonyl (C=O) groups excluding carboxylic acids is 1. The molecule has 39 heavy (non-hydrogen) atoms. The minimum Gasteiger partial charge on any atom is -0.267 e. The molecule has 4 aromatic rings. The highest BCUT2D eigenvalue weighted by Crippen LogP contribution is 2.31. The molecule has 4 aromatic carbocycles. The predicted molar refractivity (Wildman–Crippen MR) is 158 cm³/mol. The Morgan fingerprint density at radius 1 is 0.872 bits per heavy atom. The van der Waals surface area contributed by atoms with Crippen LogP contribution < -0.4 is 9.73 Å². The van der Waals surface area contributed by atoms with E-state index in [-0.39, 0.29) is 17.3 Å². The number of hydrogen-bond donors (Lipinski definition) is 1. The van der Waals surface area contributed by atoms with Crippen LogP contribution in [0.15, 0.2) is 113 Å². The SMILES string of the molecule is C/C(CCc1ccccc1)=N/NC(=O)c1ccc(CN(c2cc(Cl)ccc2C)S(=O)(=O)c2ccccc2)cc1. The number of hydrazone groups is 1. The molecule has 0 aliphatic carbocycles. The quantitative estimate of drug-likeness (QED) is 0.172. The highest BCUT2D eigenvalue weighted by atomic mass is 35.5. The van der Waals surface area contributed by atoms with Crippen LogP contribution in [0.2, 0.25) is 5.02 Å². The monoisotopic (exact) mass is 559 g/mol. The van der Waals surface area contributed by atoms with Gasteiger partial charge in [-0.3, -0.25) is 9.10 Å². The molecule has 1 amide bonds. The third kappa shape index (κ3) is 7.34. The second kappa shape index (κ2) is 12.7. The Morgan fingerprint density at radius 2 is 1.51 bits per heavy atom. The highest BCUT2D eigenvalue weighted by molar-refractivity contribution is 7.92. The molecule has 0 aliphatic heterocycles. The van der Waals surface area contributed by atoms with Crippen molar-refractivity contribution >= 4 is 38.9 Å². The summed E-state index contributed by atoms with van der Waals surface area (Å²) in [6, 6.07) is 30.4. The molecular formula is C31H30ClN3O3S. The first-order chi connectivity index (χ1) is 18.7. The number of nitrogens with one attached hydrogen (secondary N) is 1. The summed E-state index contributed by atoms with van der Waals surface area (Å²) in [4.78, 5) is 12.8. The molecule has 0 heterocycles. The van der Waals surface area contributed by atoms with Gasteiger partial charge in [0.1, 0.15) is 0 Å². The van der Waals surface area contributed by atoms with Crippen molar-refractivity contribution in [3.8, 4) is 0 Å². The fourth-order valence-electron chi connectivity index (χ4n) is 4.03. The number of sulfonamides is 1. The first kappa shape index (κ1) is 28.1. The van der Waals surface area contributed by atoms with Crippen LogP contribution in [0.4, 0.5) is 5.69 Å². The van der Waals surface area contributed by atoms with E-state index >= 15 is 0 Å². The summed E-state index contributed by atoms with van der Waals surface area (Å²) in [5, 5.41) is 4.67. The lowest BCUT2D eigenvalue weighted by molar-refractivity contribution is 0.0954. The summed E-state index contributed by atoms with van der Waals surface area (Å²) < 4.78 is 28.7. The van der Waals surface area contributed by atoms with Gasteiger partial charge in [0.2, 0.25) is 0 Å². The molecule has 0 saturated heterocycles. The number of anilines is 1. The molecular weight excluding hydrogens is 530 g/mol. The van der Waals surface area contributed by atoms with Crippen molar-refractivity contribution in [3.63, 3.8) is 0 Å². The van der Waals surface area contributed by atoms with Gasteiger partial charge >= 0.3 is 0 Å². The van der Waals surface area contributed by atoms with Crippen LogP contribution in [0.3, 0.4) is 0 Å². The maximum absolute atomic E-state index is 13.7. The summed E-state index contributed by atoms with van der Waals surface area (Å²) in [6.45, 7) is 3.79. The molecule has 0 bridgehead atoms. The van der Waals surface area contributed by atoms with E-state index in [9.17, 15) is 13.2 Å². The van der Waals surface area contributed by atoms with E-state index in [0.717, 1.165) is 24.1 Å². The second-order valence-corrected chi connectivity index (χ2v) is 11.5. The van der Waals surface area contributed by atoms with Crippen LogP contribution in [-0.2, 0) is 23.0 Å². The van der Waals surface area contributed by atoms with E-state index < -0.39 is 10.0 Å². The van der Waals surface area contributed by atoms with E-state index in [0.29, 0.717) is 21.8 Å². The van der Waals surface area contributed by atoms with Gasteiger partial charge in [-0.1, -0.05) is 78.3 Å². The molecule has 0 aliphatic rings. The number of halogens is 1. The predicted octanol–water partition coefficient (Wildman–Crippen LogP) is 6.78. The fourth-order valence-corrected chi connectivity index (χ4v) is 5.73. The van der Waals surface area contributed by atoms with Gasteiger partial charge in [-0.05, 0) is 79.8 Å². The lowest BCUT2D eigenvalue weighted by atomic mass is 10.1. The topological polar surface area (TPSA) is 78.8 Å².